The molecule has 0 N–H and O–H groups in total. The number of fused-ring (bicyclic) bond motifs is 2. The Kier molecular flexibility index (Phi) is 3.63. The van der Waals surface area contributed by atoms with Crippen LogP contribution in [0.25, 0.3) is 0 Å². The fraction of sp³-hybridized carbons (Fsp3) is 0.316. The Hall–Kier alpha value is -2.56. The Balaban J connectivity index is 1.66. The zero-order chi connectivity index (χ0) is 16.7. The SMILES string of the molecule is CN(Cc1c2c(cc3c1OCC3)OCC2)C(=O)c1ccccc1F. The molecule has 0 saturated carbocycles. The second-order valence-corrected chi connectivity index (χ2v) is 6.16. The summed E-state index contributed by atoms with van der Waals surface area (Å²) < 4.78 is 25.4. The van der Waals surface area contributed by atoms with Gasteiger partial charge in [-0.15, -0.1) is 0 Å². The summed E-state index contributed by atoms with van der Waals surface area (Å²) in [6, 6.07) is 8.10. The molecule has 0 atom stereocenters. The minimum atomic E-state index is -0.502. The number of ether oxygens (including phenoxy) is 2. The minimum Gasteiger partial charge on any atom is -0.493 e. The Morgan fingerprint density at radius 3 is 2.83 bits per heavy atom. The van der Waals surface area contributed by atoms with Gasteiger partial charge in [-0.05, 0) is 18.2 Å². The zero-order valence-corrected chi connectivity index (χ0v) is 13.5. The van der Waals surface area contributed by atoms with Crippen LogP contribution in [0.2, 0.25) is 0 Å². The average molecular weight is 327 g/mol. The predicted octanol–water partition coefficient (Wildman–Crippen LogP) is 2.97. The smallest absolute Gasteiger partial charge is 0.256 e. The fourth-order valence-corrected chi connectivity index (χ4v) is 3.40. The minimum absolute atomic E-state index is 0.0846. The Morgan fingerprint density at radius 2 is 2.00 bits per heavy atom. The number of carbonyl (C=O) groups is 1. The molecule has 0 bridgehead atoms. The molecule has 4 nitrogen and oxygen atoms in total. The van der Waals surface area contributed by atoms with E-state index in [0.717, 1.165) is 41.0 Å². The van der Waals surface area contributed by atoms with Crippen LogP contribution in [0.5, 0.6) is 11.5 Å². The molecule has 1 amide bonds. The van der Waals surface area contributed by atoms with E-state index in [1.165, 1.54) is 17.0 Å². The quantitative estimate of drug-likeness (QED) is 0.870. The van der Waals surface area contributed by atoms with Gasteiger partial charge in [0.05, 0.1) is 18.8 Å². The Labute approximate surface area is 139 Å². The molecule has 0 aliphatic carbocycles. The van der Waals surface area contributed by atoms with Crippen LogP contribution >= 0.6 is 0 Å². The molecule has 4 rings (SSSR count). The predicted molar refractivity (Wildman–Crippen MR) is 87.0 cm³/mol. The summed E-state index contributed by atoms with van der Waals surface area (Å²) >= 11 is 0. The van der Waals surface area contributed by atoms with E-state index >= 15 is 0 Å². The number of hydrogen-bond acceptors (Lipinski definition) is 3. The Morgan fingerprint density at radius 1 is 1.21 bits per heavy atom. The van der Waals surface area contributed by atoms with Gasteiger partial charge < -0.3 is 14.4 Å². The molecule has 0 unspecified atom stereocenters. The largest absolute Gasteiger partial charge is 0.493 e. The summed E-state index contributed by atoms with van der Waals surface area (Å²) in [5, 5.41) is 0. The van der Waals surface area contributed by atoms with Crippen LogP contribution in [0.3, 0.4) is 0 Å². The number of carbonyl (C=O) groups excluding carboxylic acids is 1. The van der Waals surface area contributed by atoms with Crippen LogP contribution < -0.4 is 9.47 Å². The van der Waals surface area contributed by atoms with Gasteiger partial charge >= 0.3 is 0 Å². The number of rotatable bonds is 3. The molecule has 2 aliphatic rings. The summed E-state index contributed by atoms with van der Waals surface area (Å²) in [6.07, 6.45) is 1.66. The highest BCUT2D eigenvalue weighted by molar-refractivity contribution is 5.94. The topological polar surface area (TPSA) is 38.8 Å². The number of benzene rings is 2. The number of nitrogens with zero attached hydrogens (tertiary/aromatic N) is 1. The number of halogens is 1. The van der Waals surface area contributed by atoms with Crippen molar-refractivity contribution in [3.8, 4) is 11.5 Å². The van der Waals surface area contributed by atoms with Crippen molar-refractivity contribution in [2.24, 2.45) is 0 Å². The van der Waals surface area contributed by atoms with E-state index in [0.29, 0.717) is 19.8 Å². The number of amides is 1. The standard InChI is InChI=1S/C19H18FNO3/c1-21(19(22)14-4-2-3-5-16(14)20)11-15-13-7-9-23-17(13)10-12-6-8-24-18(12)15/h2-5,10H,6-9,11H2,1H3. The first kappa shape index (κ1) is 15.0. The summed E-state index contributed by atoms with van der Waals surface area (Å²) in [5.74, 6) is 0.919. The highest BCUT2D eigenvalue weighted by Crippen LogP contribution is 2.41. The monoisotopic (exact) mass is 327 g/mol. The lowest BCUT2D eigenvalue weighted by Gasteiger charge is -2.21. The van der Waals surface area contributed by atoms with Gasteiger partial charge in [-0.1, -0.05) is 12.1 Å². The second kappa shape index (κ2) is 5.82. The molecule has 2 aromatic carbocycles. The van der Waals surface area contributed by atoms with E-state index in [2.05, 4.69) is 0 Å². The van der Waals surface area contributed by atoms with Crippen molar-refractivity contribution in [3.05, 3.63) is 58.4 Å². The molecule has 124 valence electrons. The third-order valence-corrected chi connectivity index (χ3v) is 4.61. The molecule has 0 fully saturated rings. The van der Waals surface area contributed by atoms with E-state index in [9.17, 15) is 9.18 Å². The second-order valence-electron chi connectivity index (χ2n) is 6.16. The zero-order valence-electron chi connectivity index (χ0n) is 13.5. The fourth-order valence-electron chi connectivity index (χ4n) is 3.40. The van der Waals surface area contributed by atoms with Crippen molar-refractivity contribution in [2.75, 3.05) is 20.3 Å². The normalized spacial score (nSPS) is 14.6. The highest BCUT2D eigenvalue weighted by Gasteiger charge is 2.28. The highest BCUT2D eigenvalue weighted by atomic mass is 19.1. The third-order valence-electron chi connectivity index (χ3n) is 4.61. The number of hydrogen-bond donors (Lipinski definition) is 0. The lowest BCUT2D eigenvalue weighted by Crippen LogP contribution is -2.27. The van der Waals surface area contributed by atoms with Gasteiger partial charge in [-0.3, -0.25) is 4.79 Å². The maximum Gasteiger partial charge on any atom is 0.256 e. The molecule has 0 radical (unpaired) electrons. The third kappa shape index (κ3) is 2.40. The van der Waals surface area contributed by atoms with Crippen molar-refractivity contribution >= 4 is 5.91 Å². The van der Waals surface area contributed by atoms with Crippen LogP contribution in [0.15, 0.2) is 30.3 Å². The first-order valence-electron chi connectivity index (χ1n) is 8.08. The van der Waals surface area contributed by atoms with Gasteiger partial charge in [0.15, 0.2) is 0 Å². The van der Waals surface area contributed by atoms with Gasteiger partial charge in [-0.25, -0.2) is 4.39 Å². The van der Waals surface area contributed by atoms with Gasteiger partial charge in [0.25, 0.3) is 5.91 Å². The summed E-state index contributed by atoms with van der Waals surface area (Å²) in [7, 11) is 1.69. The molecule has 24 heavy (non-hydrogen) atoms. The maximum absolute atomic E-state index is 13.9. The van der Waals surface area contributed by atoms with E-state index in [4.69, 9.17) is 9.47 Å². The van der Waals surface area contributed by atoms with Gasteiger partial charge in [0, 0.05) is 43.1 Å². The first-order chi connectivity index (χ1) is 11.6. The molecule has 0 spiro atoms. The van der Waals surface area contributed by atoms with Crippen molar-refractivity contribution in [3.63, 3.8) is 0 Å². The van der Waals surface area contributed by atoms with Crippen molar-refractivity contribution in [1.82, 2.24) is 4.90 Å². The van der Waals surface area contributed by atoms with Crippen molar-refractivity contribution in [1.29, 1.82) is 0 Å². The summed E-state index contributed by atoms with van der Waals surface area (Å²) in [4.78, 5) is 14.1. The van der Waals surface area contributed by atoms with Gasteiger partial charge in [0.1, 0.15) is 17.3 Å². The summed E-state index contributed by atoms with van der Waals surface area (Å²) in [5.41, 5.74) is 3.30. The Bertz CT molecular complexity index is 786. The van der Waals surface area contributed by atoms with Crippen LogP contribution in [0.4, 0.5) is 4.39 Å². The molecule has 0 saturated heterocycles. The van der Waals surface area contributed by atoms with Gasteiger partial charge in [-0.2, -0.15) is 0 Å². The molecule has 0 aromatic heterocycles. The molecule has 5 heteroatoms. The lowest BCUT2D eigenvalue weighted by atomic mass is 9.99. The van der Waals surface area contributed by atoms with Crippen LogP contribution in [-0.2, 0) is 19.4 Å². The molecule has 2 aliphatic heterocycles. The van der Waals surface area contributed by atoms with Crippen LogP contribution in [-0.4, -0.2) is 31.1 Å². The average Bonchev–Trinajstić information content (AvgIpc) is 3.23. The van der Waals surface area contributed by atoms with Crippen molar-refractivity contribution in [2.45, 2.75) is 19.4 Å². The van der Waals surface area contributed by atoms with E-state index < -0.39 is 5.82 Å². The molecular formula is C19H18FNO3. The maximum atomic E-state index is 13.9. The van der Waals surface area contributed by atoms with Gasteiger partial charge in [0.2, 0.25) is 0 Å². The van der Waals surface area contributed by atoms with Crippen LogP contribution in [0.1, 0.15) is 27.0 Å². The molecule has 2 heterocycles. The lowest BCUT2D eigenvalue weighted by molar-refractivity contribution is 0.0779. The van der Waals surface area contributed by atoms with E-state index in [1.54, 1.807) is 19.2 Å². The summed E-state index contributed by atoms with van der Waals surface area (Å²) in [6.45, 7) is 1.68. The van der Waals surface area contributed by atoms with Crippen molar-refractivity contribution < 1.29 is 18.7 Å². The van der Waals surface area contributed by atoms with Crippen LogP contribution in [0, 0.1) is 5.82 Å². The van der Waals surface area contributed by atoms with E-state index in [1.807, 2.05) is 6.07 Å². The molecule has 2 aromatic rings. The van der Waals surface area contributed by atoms with E-state index in [-0.39, 0.29) is 11.5 Å². The molecular weight excluding hydrogens is 309 g/mol. The first-order valence-corrected chi connectivity index (χ1v) is 8.08.